The third kappa shape index (κ3) is 4.78. The van der Waals surface area contributed by atoms with Crippen molar-refractivity contribution < 1.29 is 0 Å². The molecule has 0 atom stereocenters. The van der Waals surface area contributed by atoms with Gasteiger partial charge in [-0.15, -0.1) is 5.10 Å². The van der Waals surface area contributed by atoms with Crippen molar-refractivity contribution in [3.05, 3.63) is 69.4 Å². The Labute approximate surface area is 164 Å². The highest BCUT2D eigenvalue weighted by atomic mass is 79.9. The molecule has 25 heavy (non-hydrogen) atoms. The predicted molar refractivity (Wildman–Crippen MR) is 109 cm³/mol. The molecule has 0 saturated carbocycles. The van der Waals surface area contributed by atoms with Crippen LogP contribution in [0, 0.1) is 6.92 Å². The van der Waals surface area contributed by atoms with E-state index in [1.165, 1.54) is 11.1 Å². The lowest BCUT2D eigenvalue weighted by Crippen LogP contribution is -2.20. The zero-order valence-corrected chi connectivity index (χ0v) is 16.5. The summed E-state index contributed by atoms with van der Waals surface area (Å²) in [4.78, 5) is 4.23. The van der Waals surface area contributed by atoms with Gasteiger partial charge >= 0.3 is 0 Å². The third-order valence-corrected chi connectivity index (χ3v) is 4.54. The molecule has 0 aliphatic heterocycles. The van der Waals surface area contributed by atoms with Crippen LogP contribution in [-0.4, -0.2) is 19.9 Å². The van der Waals surface area contributed by atoms with E-state index >= 15 is 0 Å². The zero-order chi connectivity index (χ0) is 17.8. The molecule has 0 radical (unpaired) electrons. The lowest BCUT2D eigenvalue weighted by atomic mass is 10.1. The summed E-state index contributed by atoms with van der Waals surface area (Å²) in [6.45, 7) is 2.73. The smallest absolute Gasteiger partial charge is 0.248 e. The van der Waals surface area contributed by atoms with Gasteiger partial charge in [0, 0.05) is 4.47 Å². The van der Waals surface area contributed by atoms with Crippen LogP contribution in [0.5, 0.6) is 0 Å². The van der Waals surface area contributed by atoms with Crippen LogP contribution in [0.4, 0.5) is 11.6 Å². The summed E-state index contributed by atoms with van der Waals surface area (Å²) in [5.74, 6) is 0.430. The minimum Gasteiger partial charge on any atom is -0.331 e. The first-order chi connectivity index (χ1) is 12.0. The molecule has 0 fully saturated rings. The number of rotatable bonds is 4. The largest absolute Gasteiger partial charge is 0.331 e. The number of nitrogens with one attached hydrogen (secondary N) is 2. The average Bonchev–Trinajstić information content (AvgIpc) is 2.99. The molecule has 0 saturated heterocycles. The van der Waals surface area contributed by atoms with Crippen molar-refractivity contribution >= 4 is 56.5 Å². The van der Waals surface area contributed by atoms with Gasteiger partial charge in [0.2, 0.25) is 5.95 Å². The number of aromatic nitrogens is 3. The highest BCUT2D eigenvalue weighted by Gasteiger charge is 2.07. The molecule has 1 aromatic heterocycles. The van der Waals surface area contributed by atoms with Crippen LogP contribution in [0.3, 0.4) is 0 Å². The van der Waals surface area contributed by atoms with Crippen molar-refractivity contribution in [1.29, 1.82) is 0 Å². The van der Waals surface area contributed by atoms with Gasteiger partial charge in [-0.2, -0.15) is 0 Å². The van der Waals surface area contributed by atoms with E-state index in [2.05, 4.69) is 55.7 Å². The fraction of sp³-hybridized carbons (Fsp3) is 0.118. The van der Waals surface area contributed by atoms with Crippen molar-refractivity contribution in [2.45, 2.75) is 13.5 Å². The van der Waals surface area contributed by atoms with Gasteiger partial charge in [-0.3, -0.25) is 5.32 Å². The van der Waals surface area contributed by atoms with Gasteiger partial charge in [-0.1, -0.05) is 51.8 Å². The second kappa shape index (κ2) is 7.95. The number of hydrogen-bond donors (Lipinski definition) is 2. The number of aryl methyl sites for hydroxylation is 1. The van der Waals surface area contributed by atoms with E-state index in [1.807, 2.05) is 24.3 Å². The van der Waals surface area contributed by atoms with Gasteiger partial charge in [0.15, 0.2) is 5.11 Å². The van der Waals surface area contributed by atoms with E-state index in [-0.39, 0.29) is 0 Å². The second-order valence-electron chi connectivity index (χ2n) is 5.40. The Hall–Kier alpha value is -1.96. The Morgan fingerprint density at radius 2 is 2.04 bits per heavy atom. The molecular formula is C17H15BrClN5S. The Morgan fingerprint density at radius 3 is 2.80 bits per heavy atom. The quantitative estimate of drug-likeness (QED) is 0.572. The fourth-order valence-electron chi connectivity index (χ4n) is 2.24. The van der Waals surface area contributed by atoms with Crippen LogP contribution in [0.2, 0.25) is 5.02 Å². The molecule has 0 aliphatic carbocycles. The fourth-order valence-corrected chi connectivity index (χ4v) is 3.16. The van der Waals surface area contributed by atoms with Crippen molar-refractivity contribution in [2.24, 2.45) is 0 Å². The lowest BCUT2D eigenvalue weighted by molar-refractivity contribution is 0.684. The molecule has 128 valence electrons. The predicted octanol–water partition coefficient (Wildman–Crippen LogP) is 4.86. The number of nitrogens with zero attached hydrogens (tertiary/aromatic N) is 3. The van der Waals surface area contributed by atoms with Crippen molar-refractivity contribution in [3.63, 3.8) is 0 Å². The zero-order valence-electron chi connectivity index (χ0n) is 13.3. The molecule has 0 spiro atoms. The molecule has 0 amide bonds. The summed E-state index contributed by atoms with van der Waals surface area (Å²) in [6, 6.07) is 13.7. The maximum Gasteiger partial charge on any atom is 0.248 e. The van der Waals surface area contributed by atoms with E-state index in [0.29, 0.717) is 28.3 Å². The van der Waals surface area contributed by atoms with Crippen LogP contribution in [0.25, 0.3) is 0 Å². The van der Waals surface area contributed by atoms with Crippen LogP contribution in [-0.2, 0) is 6.54 Å². The summed E-state index contributed by atoms with van der Waals surface area (Å²) in [7, 11) is 0. The summed E-state index contributed by atoms with van der Waals surface area (Å²) in [6.07, 6.45) is 1.67. The maximum atomic E-state index is 6.17. The highest BCUT2D eigenvalue weighted by molar-refractivity contribution is 9.10. The number of hydrogen-bond acceptors (Lipinski definition) is 3. The van der Waals surface area contributed by atoms with Crippen molar-refractivity contribution in [3.8, 4) is 0 Å². The Bertz CT molecular complexity index is 912. The van der Waals surface area contributed by atoms with Gasteiger partial charge in [0.05, 0.1) is 17.3 Å². The number of halogens is 2. The first-order valence-electron chi connectivity index (χ1n) is 7.48. The van der Waals surface area contributed by atoms with Crippen LogP contribution >= 0.6 is 39.7 Å². The first kappa shape index (κ1) is 17.8. The Kier molecular flexibility index (Phi) is 5.67. The van der Waals surface area contributed by atoms with E-state index < -0.39 is 0 Å². The minimum absolute atomic E-state index is 0.373. The maximum absolute atomic E-state index is 6.17. The minimum atomic E-state index is 0.373. The molecule has 2 aromatic carbocycles. The van der Waals surface area contributed by atoms with Crippen molar-refractivity contribution in [1.82, 2.24) is 14.8 Å². The summed E-state index contributed by atoms with van der Waals surface area (Å²) < 4.78 is 2.67. The molecular weight excluding hydrogens is 422 g/mol. The SMILES string of the molecule is Cc1ccccc1Cn1cnc(NC(=S)Nc2ccc(Br)cc2Cl)n1. The molecule has 0 bridgehead atoms. The molecule has 3 aromatic rings. The summed E-state index contributed by atoms with van der Waals surface area (Å²) in [5.41, 5.74) is 3.12. The van der Waals surface area contributed by atoms with E-state index in [4.69, 9.17) is 23.8 Å². The monoisotopic (exact) mass is 435 g/mol. The van der Waals surface area contributed by atoms with E-state index in [9.17, 15) is 0 Å². The van der Waals surface area contributed by atoms with Crippen LogP contribution in [0.1, 0.15) is 11.1 Å². The van der Waals surface area contributed by atoms with E-state index in [0.717, 1.165) is 4.47 Å². The van der Waals surface area contributed by atoms with Gasteiger partial charge in [-0.25, -0.2) is 9.67 Å². The molecule has 0 unspecified atom stereocenters. The third-order valence-electron chi connectivity index (χ3n) is 3.53. The van der Waals surface area contributed by atoms with E-state index in [1.54, 1.807) is 17.1 Å². The molecule has 3 rings (SSSR count). The number of thiocarbonyl (C=S) groups is 1. The average molecular weight is 437 g/mol. The lowest BCUT2D eigenvalue weighted by Gasteiger charge is -2.09. The van der Waals surface area contributed by atoms with Gasteiger partial charge in [0.1, 0.15) is 6.33 Å². The molecule has 8 heteroatoms. The topological polar surface area (TPSA) is 54.8 Å². The van der Waals surface area contributed by atoms with Crippen LogP contribution < -0.4 is 10.6 Å². The Morgan fingerprint density at radius 1 is 1.24 bits per heavy atom. The molecule has 0 aliphatic rings. The number of anilines is 2. The second-order valence-corrected chi connectivity index (χ2v) is 7.13. The molecule has 1 heterocycles. The summed E-state index contributed by atoms with van der Waals surface area (Å²) in [5, 5.41) is 11.3. The van der Waals surface area contributed by atoms with Gasteiger partial charge < -0.3 is 5.32 Å². The van der Waals surface area contributed by atoms with Crippen LogP contribution in [0.15, 0.2) is 53.3 Å². The highest BCUT2D eigenvalue weighted by Crippen LogP contribution is 2.25. The molecule has 2 N–H and O–H groups in total. The van der Waals surface area contributed by atoms with Crippen molar-refractivity contribution in [2.75, 3.05) is 10.6 Å². The number of benzene rings is 2. The van der Waals surface area contributed by atoms with Gasteiger partial charge in [-0.05, 0) is 48.5 Å². The first-order valence-corrected chi connectivity index (χ1v) is 9.06. The molecule has 5 nitrogen and oxygen atoms in total. The normalized spacial score (nSPS) is 10.5. The standard InChI is InChI=1S/C17H15BrClN5S/c1-11-4-2-3-5-12(11)9-24-10-20-16(23-24)22-17(25)21-15-7-6-13(18)8-14(15)19/h2-8,10H,9H2,1H3,(H2,21,22,23,25). The summed E-state index contributed by atoms with van der Waals surface area (Å²) >= 11 is 14.8. The van der Waals surface area contributed by atoms with Gasteiger partial charge in [0.25, 0.3) is 0 Å². The Balaban J connectivity index is 1.63.